The largest absolute Gasteiger partial charge is 0.573 e. The Balaban J connectivity index is 1.56. The normalized spacial score (nSPS) is 12.2. The lowest BCUT2D eigenvalue weighted by Gasteiger charge is -2.12. The maximum absolute atomic E-state index is 12.5. The summed E-state index contributed by atoms with van der Waals surface area (Å²) >= 11 is 2.45. The topological polar surface area (TPSA) is 85.4 Å². The Labute approximate surface area is 184 Å². The van der Waals surface area contributed by atoms with Gasteiger partial charge < -0.3 is 20.1 Å². The second kappa shape index (κ2) is 9.88. The van der Waals surface area contributed by atoms with Crippen LogP contribution in [0.25, 0.3) is 0 Å². The number of hydrogen-bond acceptors (Lipinski definition) is 8. The number of aromatic nitrogens is 2. The maximum Gasteiger partial charge on any atom is 0.573 e. The summed E-state index contributed by atoms with van der Waals surface area (Å²) in [6.45, 7) is 1.74. The minimum absolute atomic E-state index is 0.223. The second-order valence-electron chi connectivity index (χ2n) is 6.02. The monoisotopic (exact) mass is 470 g/mol. The van der Waals surface area contributed by atoms with E-state index in [1.807, 2.05) is 0 Å². The molecule has 1 atom stereocenters. The number of carbonyl (C=O) groups excluding carboxylic acids is 1. The second-order valence-corrected chi connectivity index (χ2v) is 8.59. The molecule has 0 aliphatic rings. The van der Waals surface area contributed by atoms with E-state index in [9.17, 15) is 18.0 Å². The van der Waals surface area contributed by atoms with Crippen LogP contribution >= 0.6 is 23.1 Å². The molecule has 0 spiro atoms. The smallest absolute Gasteiger partial charge is 0.495 e. The quantitative estimate of drug-likeness (QED) is 0.432. The van der Waals surface area contributed by atoms with Crippen LogP contribution in [0.1, 0.15) is 6.92 Å². The number of alkyl halides is 3. The lowest BCUT2D eigenvalue weighted by Crippen LogP contribution is -2.22. The molecule has 2 aromatic carbocycles. The molecule has 0 aliphatic heterocycles. The van der Waals surface area contributed by atoms with E-state index in [-0.39, 0.29) is 11.7 Å². The molecule has 3 rings (SSSR count). The highest BCUT2D eigenvalue weighted by Gasteiger charge is 2.31. The predicted octanol–water partition coefficient (Wildman–Crippen LogP) is 5.31. The van der Waals surface area contributed by atoms with Gasteiger partial charge in [-0.05, 0) is 43.3 Å². The molecule has 0 bridgehead atoms. The fraction of sp³-hybridized carbons (Fsp3) is 0.211. The number of methoxy groups -OCH3 is 1. The Hall–Kier alpha value is -2.99. The van der Waals surface area contributed by atoms with Crippen LogP contribution < -0.4 is 20.1 Å². The summed E-state index contributed by atoms with van der Waals surface area (Å²) in [5.74, 6) is 0.0167. The summed E-state index contributed by atoms with van der Waals surface area (Å²) in [4.78, 5) is 12.5. The first kappa shape index (κ1) is 22.7. The van der Waals surface area contributed by atoms with Crippen molar-refractivity contribution in [3.63, 3.8) is 0 Å². The average molecular weight is 470 g/mol. The van der Waals surface area contributed by atoms with Gasteiger partial charge in [0.15, 0.2) is 4.34 Å². The number of para-hydroxylation sites is 2. The molecule has 3 aromatic rings. The lowest BCUT2D eigenvalue weighted by molar-refractivity contribution is -0.274. The molecule has 1 unspecified atom stereocenters. The van der Waals surface area contributed by atoms with Gasteiger partial charge in [-0.1, -0.05) is 35.2 Å². The summed E-state index contributed by atoms with van der Waals surface area (Å²) in [5, 5.41) is 13.8. The molecule has 164 valence electrons. The van der Waals surface area contributed by atoms with Gasteiger partial charge in [0.1, 0.15) is 11.5 Å². The van der Waals surface area contributed by atoms with Gasteiger partial charge in [-0.15, -0.1) is 23.4 Å². The summed E-state index contributed by atoms with van der Waals surface area (Å²) in [7, 11) is 1.52. The number of amides is 1. The van der Waals surface area contributed by atoms with Crippen molar-refractivity contribution in [2.45, 2.75) is 22.9 Å². The maximum atomic E-state index is 12.5. The summed E-state index contributed by atoms with van der Waals surface area (Å²) in [5.41, 5.74) is 1.09. The summed E-state index contributed by atoms with van der Waals surface area (Å²) in [6.07, 6.45) is -4.74. The molecule has 0 fully saturated rings. The van der Waals surface area contributed by atoms with Gasteiger partial charge in [0.25, 0.3) is 0 Å². The minimum atomic E-state index is -4.74. The number of halogens is 3. The van der Waals surface area contributed by atoms with E-state index in [1.54, 1.807) is 31.2 Å². The number of anilines is 3. The number of nitrogens with zero attached hydrogens (tertiary/aromatic N) is 2. The van der Waals surface area contributed by atoms with Crippen molar-refractivity contribution in [1.82, 2.24) is 10.2 Å². The third kappa shape index (κ3) is 6.76. The van der Waals surface area contributed by atoms with Crippen LogP contribution in [0.2, 0.25) is 0 Å². The zero-order chi connectivity index (χ0) is 22.4. The summed E-state index contributed by atoms with van der Waals surface area (Å²) < 4.78 is 46.3. The van der Waals surface area contributed by atoms with Crippen LogP contribution in [-0.4, -0.2) is 34.8 Å². The molecule has 0 radical (unpaired) electrons. The molecule has 12 heteroatoms. The zero-order valence-electron chi connectivity index (χ0n) is 16.3. The first-order valence-electron chi connectivity index (χ1n) is 8.80. The minimum Gasteiger partial charge on any atom is -0.495 e. The van der Waals surface area contributed by atoms with Crippen LogP contribution in [0, 0.1) is 0 Å². The van der Waals surface area contributed by atoms with Gasteiger partial charge in [-0.3, -0.25) is 4.79 Å². The van der Waals surface area contributed by atoms with Crippen molar-refractivity contribution in [2.24, 2.45) is 0 Å². The van der Waals surface area contributed by atoms with Crippen molar-refractivity contribution < 1.29 is 27.4 Å². The Morgan fingerprint density at radius 2 is 1.84 bits per heavy atom. The Morgan fingerprint density at radius 1 is 1.13 bits per heavy atom. The van der Waals surface area contributed by atoms with Gasteiger partial charge in [-0.25, -0.2) is 0 Å². The van der Waals surface area contributed by atoms with Crippen LogP contribution in [0.4, 0.5) is 29.7 Å². The van der Waals surface area contributed by atoms with E-state index in [0.29, 0.717) is 26.6 Å². The lowest BCUT2D eigenvalue weighted by atomic mass is 10.3. The highest BCUT2D eigenvalue weighted by molar-refractivity contribution is 8.02. The number of hydrogen-bond donors (Lipinski definition) is 2. The molecule has 0 saturated heterocycles. The van der Waals surface area contributed by atoms with E-state index < -0.39 is 11.6 Å². The van der Waals surface area contributed by atoms with Crippen molar-refractivity contribution in [3.8, 4) is 11.5 Å². The molecule has 0 saturated carbocycles. The average Bonchev–Trinajstić information content (AvgIpc) is 3.15. The molecular formula is C19H17F3N4O3S2. The number of benzene rings is 2. The van der Waals surface area contributed by atoms with Gasteiger partial charge in [-0.2, -0.15) is 0 Å². The molecule has 0 aliphatic carbocycles. The first-order chi connectivity index (χ1) is 14.7. The number of ether oxygens (including phenoxy) is 2. The van der Waals surface area contributed by atoms with Crippen LogP contribution in [0.5, 0.6) is 11.5 Å². The number of carbonyl (C=O) groups is 1. The van der Waals surface area contributed by atoms with Crippen molar-refractivity contribution in [3.05, 3.63) is 48.5 Å². The van der Waals surface area contributed by atoms with Crippen molar-refractivity contribution >= 4 is 45.5 Å². The number of nitrogens with one attached hydrogen (secondary N) is 2. The molecule has 2 N–H and O–H groups in total. The molecular weight excluding hydrogens is 453 g/mol. The third-order valence-corrected chi connectivity index (χ3v) is 5.78. The van der Waals surface area contributed by atoms with Gasteiger partial charge in [0.2, 0.25) is 11.0 Å². The van der Waals surface area contributed by atoms with E-state index in [4.69, 9.17) is 4.74 Å². The number of rotatable bonds is 8. The third-order valence-electron chi connectivity index (χ3n) is 3.76. The van der Waals surface area contributed by atoms with Gasteiger partial charge in [0.05, 0.1) is 18.0 Å². The zero-order valence-corrected chi connectivity index (χ0v) is 17.9. The SMILES string of the molecule is COc1ccccc1NC(=O)C(C)Sc1nnc(Nc2ccc(OC(F)(F)F)cc2)s1. The number of thioether (sulfide) groups is 1. The molecule has 31 heavy (non-hydrogen) atoms. The molecule has 1 aromatic heterocycles. The standard InChI is InChI=1S/C19H17F3N4O3S2/c1-11(16(27)24-14-5-3-4-6-15(14)28-2)30-18-26-25-17(31-18)23-12-7-9-13(10-8-12)29-19(20,21)22/h3-11H,1-2H3,(H,23,25)(H,24,27). The van der Waals surface area contributed by atoms with Gasteiger partial charge in [0, 0.05) is 5.69 Å². The van der Waals surface area contributed by atoms with E-state index >= 15 is 0 Å². The Morgan fingerprint density at radius 3 is 2.52 bits per heavy atom. The predicted molar refractivity (Wildman–Crippen MR) is 113 cm³/mol. The molecule has 1 amide bonds. The van der Waals surface area contributed by atoms with E-state index in [2.05, 4.69) is 25.6 Å². The fourth-order valence-corrected chi connectivity index (χ4v) is 4.27. The van der Waals surface area contributed by atoms with Crippen molar-refractivity contribution in [2.75, 3.05) is 17.7 Å². The van der Waals surface area contributed by atoms with Crippen molar-refractivity contribution in [1.29, 1.82) is 0 Å². The van der Waals surface area contributed by atoms with E-state index in [1.165, 1.54) is 54.5 Å². The molecule has 1 heterocycles. The first-order valence-corrected chi connectivity index (χ1v) is 10.5. The Kier molecular flexibility index (Phi) is 7.23. The van der Waals surface area contributed by atoms with Crippen LogP contribution in [0.15, 0.2) is 52.9 Å². The highest BCUT2D eigenvalue weighted by Crippen LogP contribution is 2.32. The Bertz CT molecular complexity index is 1030. The van der Waals surface area contributed by atoms with Crippen LogP contribution in [-0.2, 0) is 4.79 Å². The van der Waals surface area contributed by atoms with Crippen LogP contribution in [0.3, 0.4) is 0 Å². The van der Waals surface area contributed by atoms with E-state index in [0.717, 1.165) is 0 Å². The molecule has 7 nitrogen and oxygen atoms in total. The van der Waals surface area contributed by atoms with Gasteiger partial charge >= 0.3 is 6.36 Å². The summed E-state index contributed by atoms with van der Waals surface area (Å²) in [6, 6.07) is 12.3. The fourth-order valence-electron chi connectivity index (χ4n) is 2.36. The highest BCUT2D eigenvalue weighted by atomic mass is 32.2.